The Morgan fingerprint density at radius 2 is 2.10 bits per heavy atom. The van der Waals surface area contributed by atoms with E-state index < -0.39 is 17.5 Å². The number of nitrogens with one attached hydrogen (secondary N) is 1. The fourth-order valence-corrected chi connectivity index (χ4v) is 2.41. The summed E-state index contributed by atoms with van der Waals surface area (Å²) in [6.45, 7) is 1.77. The van der Waals surface area contributed by atoms with Crippen LogP contribution in [0.25, 0.3) is 0 Å². The van der Waals surface area contributed by atoms with Crippen molar-refractivity contribution in [2.45, 2.75) is 19.4 Å². The van der Waals surface area contributed by atoms with Crippen molar-refractivity contribution >= 4 is 22.4 Å². The first-order valence-corrected chi connectivity index (χ1v) is 6.79. The van der Waals surface area contributed by atoms with Gasteiger partial charge in [-0.25, -0.2) is 13.8 Å². The molecule has 106 valence electrons. The topological polar surface area (TPSA) is 68.0 Å². The van der Waals surface area contributed by atoms with Gasteiger partial charge in [0.1, 0.15) is 11.6 Å². The molecule has 2 aromatic rings. The molecule has 3 N–H and O–H groups in total. The number of amides is 1. The maximum Gasteiger partial charge on any atom is 0.230 e. The molecule has 0 spiro atoms. The van der Waals surface area contributed by atoms with Crippen molar-refractivity contribution in [1.82, 2.24) is 4.98 Å². The standard InChI is InChI=1S/C13H13F2N3OS/c1-7(16)11-6-20-13(17-11)18-12(19)5-8-9(14)3-2-4-10(8)15/h2-4,6-7H,5,16H2,1H3,(H,17,18,19). The second kappa shape index (κ2) is 6.06. The number of anilines is 1. The molecule has 0 radical (unpaired) electrons. The fraction of sp³-hybridized carbons (Fsp3) is 0.231. The number of carbonyl (C=O) groups excluding carboxylic acids is 1. The number of benzene rings is 1. The van der Waals surface area contributed by atoms with E-state index in [4.69, 9.17) is 5.73 Å². The quantitative estimate of drug-likeness (QED) is 0.911. The Bertz CT molecular complexity index is 608. The van der Waals surface area contributed by atoms with Crippen molar-refractivity contribution in [1.29, 1.82) is 0 Å². The van der Waals surface area contributed by atoms with Crippen molar-refractivity contribution in [2.75, 3.05) is 5.32 Å². The molecule has 1 aromatic heterocycles. The van der Waals surface area contributed by atoms with E-state index in [0.717, 1.165) is 12.1 Å². The number of carbonyl (C=O) groups is 1. The second-order valence-corrected chi connectivity index (χ2v) is 5.15. The highest BCUT2D eigenvalue weighted by atomic mass is 32.1. The molecule has 0 saturated carbocycles. The van der Waals surface area contributed by atoms with E-state index in [1.165, 1.54) is 17.4 Å². The van der Waals surface area contributed by atoms with Crippen LogP contribution in [0.3, 0.4) is 0 Å². The molecule has 0 aliphatic carbocycles. The highest BCUT2D eigenvalue weighted by molar-refractivity contribution is 7.13. The van der Waals surface area contributed by atoms with E-state index >= 15 is 0 Å². The zero-order valence-electron chi connectivity index (χ0n) is 10.7. The van der Waals surface area contributed by atoms with Crippen molar-refractivity contribution in [3.8, 4) is 0 Å². The van der Waals surface area contributed by atoms with Gasteiger partial charge in [-0.3, -0.25) is 4.79 Å². The lowest BCUT2D eigenvalue weighted by atomic mass is 10.1. The van der Waals surface area contributed by atoms with Crippen molar-refractivity contribution < 1.29 is 13.6 Å². The van der Waals surface area contributed by atoms with Crippen LogP contribution in [0.1, 0.15) is 24.2 Å². The van der Waals surface area contributed by atoms with Crippen LogP contribution >= 0.6 is 11.3 Å². The summed E-state index contributed by atoms with van der Waals surface area (Å²) in [6, 6.07) is 3.25. The van der Waals surface area contributed by atoms with Crippen LogP contribution in [0.2, 0.25) is 0 Å². The highest BCUT2D eigenvalue weighted by Crippen LogP contribution is 2.20. The van der Waals surface area contributed by atoms with Crippen LogP contribution in [0.5, 0.6) is 0 Å². The average molecular weight is 297 g/mol. The maximum atomic E-state index is 13.4. The maximum absolute atomic E-state index is 13.4. The van der Waals surface area contributed by atoms with E-state index in [9.17, 15) is 13.6 Å². The van der Waals surface area contributed by atoms with Crippen LogP contribution in [-0.2, 0) is 11.2 Å². The molecule has 1 unspecified atom stereocenters. The molecule has 0 bridgehead atoms. The van der Waals surface area contributed by atoms with Crippen LogP contribution in [0.4, 0.5) is 13.9 Å². The molecule has 20 heavy (non-hydrogen) atoms. The van der Waals surface area contributed by atoms with Gasteiger partial charge in [0, 0.05) is 17.0 Å². The Morgan fingerprint density at radius 3 is 2.65 bits per heavy atom. The minimum atomic E-state index is -0.740. The largest absolute Gasteiger partial charge is 0.323 e. The van der Waals surface area contributed by atoms with Crippen molar-refractivity contribution in [3.05, 3.63) is 46.5 Å². The highest BCUT2D eigenvalue weighted by Gasteiger charge is 2.14. The Morgan fingerprint density at radius 1 is 1.45 bits per heavy atom. The number of aromatic nitrogens is 1. The van der Waals surface area contributed by atoms with E-state index in [1.54, 1.807) is 12.3 Å². The van der Waals surface area contributed by atoms with E-state index in [0.29, 0.717) is 10.8 Å². The summed E-state index contributed by atoms with van der Waals surface area (Å²) in [7, 11) is 0. The number of nitrogens with zero attached hydrogens (tertiary/aromatic N) is 1. The zero-order valence-corrected chi connectivity index (χ0v) is 11.5. The van der Waals surface area contributed by atoms with Crippen LogP contribution in [-0.4, -0.2) is 10.9 Å². The molecular formula is C13H13F2N3OS. The molecule has 1 atom stereocenters. The average Bonchev–Trinajstić information content (AvgIpc) is 2.82. The zero-order chi connectivity index (χ0) is 14.7. The molecule has 4 nitrogen and oxygen atoms in total. The predicted octanol–water partition coefficient (Wildman–Crippen LogP) is 2.62. The van der Waals surface area contributed by atoms with E-state index in [2.05, 4.69) is 10.3 Å². The first kappa shape index (κ1) is 14.5. The van der Waals surface area contributed by atoms with Gasteiger partial charge in [0.2, 0.25) is 5.91 Å². The Kier molecular flexibility index (Phi) is 4.41. The normalized spacial score (nSPS) is 12.2. The fourth-order valence-electron chi connectivity index (χ4n) is 1.58. The molecule has 1 heterocycles. The predicted molar refractivity (Wildman–Crippen MR) is 73.4 cm³/mol. The number of rotatable bonds is 4. The Labute approximate surface area is 118 Å². The summed E-state index contributed by atoms with van der Waals surface area (Å²) in [5.74, 6) is -2.01. The molecule has 0 aliphatic rings. The van der Waals surface area contributed by atoms with Crippen LogP contribution in [0, 0.1) is 11.6 Å². The Balaban J connectivity index is 2.05. The first-order valence-electron chi connectivity index (χ1n) is 5.91. The minimum Gasteiger partial charge on any atom is -0.323 e. The van der Waals surface area contributed by atoms with Crippen molar-refractivity contribution in [3.63, 3.8) is 0 Å². The summed E-state index contributed by atoms with van der Waals surface area (Å²) >= 11 is 1.21. The van der Waals surface area contributed by atoms with Gasteiger partial charge in [-0.1, -0.05) is 6.07 Å². The summed E-state index contributed by atoms with van der Waals surface area (Å²) in [5.41, 5.74) is 6.05. The molecule has 0 fully saturated rings. The number of hydrogen-bond donors (Lipinski definition) is 2. The monoisotopic (exact) mass is 297 g/mol. The Hall–Kier alpha value is -1.86. The SMILES string of the molecule is CC(N)c1csc(NC(=O)Cc2c(F)cccc2F)n1. The molecule has 2 rings (SSSR count). The minimum absolute atomic E-state index is 0.235. The summed E-state index contributed by atoms with van der Waals surface area (Å²) in [5, 5.41) is 4.59. The number of halogens is 2. The summed E-state index contributed by atoms with van der Waals surface area (Å²) in [6.07, 6.45) is -0.383. The number of nitrogens with two attached hydrogens (primary N) is 1. The third-order valence-electron chi connectivity index (χ3n) is 2.63. The lowest BCUT2D eigenvalue weighted by Gasteiger charge is -2.05. The molecular weight excluding hydrogens is 284 g/mol. The smallest absolute Gasteiger partial charge is 0.230 e. The number of hydrogen-bond acceptors (Lipinski definition) is 4. The van der Waals surface area contributed by atoms with Crippen LogP contribution in [0.15, 0.2) is 23.6 Å². The lowest BCUT2D eigenvalue weighted by molar-refractivity contribution is -0.115. The van der Waals surface area contributed by atoms with Gasteiger partial charge in [-0.05, 0) is 19.1 Å². The van der Waals surface area contributed by atoms with Gasteiger partial charge in [0.25, 0.3) is 0 Å². The third kappa shape index (κ3) is 3.37. The molecule has 0 aliphatic heterocycles. The van der Waals surface area contributed by atoms with Gasteiger partial charge in [-0.15, -0.1) is 11.3 Å². The van der Waals surface area contributed by atoms with Gasteiger partial charge in [-0.2, -0.15) is 0 Å². The second-order valence-electron chi connectivity index (χ2n) is 4.29. The van der Waals surface area contributed by atoms with E-state index in [-0.39, 0.29) is 18.0 Å². The molecule has 0 saturated heterocycles. The third-order valence-corrected chi connectivity index (χ3v) is 3.41. The van der Waals surface area contributed by atoms with Gasteiger partial charge in [0.05, 0.1) is 12.1 Å². The number of thiazole rings is 1. The molecule has 1 aromatic carbocycles. The molecule has 1 amide bonds. The van der Waals surface area contributed by atoms with Gasteiger partial charge in [0.15, 0.2) is 5.13 Å². The van der Waals surface area contributed by atoms with Crippen molar-refractivity contribution in [2.24, 2.45) is 5.73 Å². The molecule has 7 heteroatoms. The summed E-state index contributed by atoms with van der Waals surface area (Å²) in [4.78, 5) is 15.9. The van der Waals surface area contributed by atoms with Crippen LogP contribution < -0.4 is 11.1 Å². The van der Waals surface area contributed by atoms with Gasteiger partial charge < -0.3 is 11.1 Å². The first-order chi connectivity index (χ1) is 9.47. The summed E-state index contributed by atoms with van der Waals surface area (Å²) < 4.78 is 26.8. The van der Waals surface area contributed by atoms with Gasteiger partial charge >= 0.3 is 0 Å². The van der Waals surface area contributed by atoms with E-state index in [1.807, 2.05) is 0 Å². The lowest BCUT2D eigenvalue weighted by Crippen LogP contribution is -2.16.